The highest BCUT2D eigenvalue weighted by Gasteiger charge is 2.25. The van der Waals surface area contributed by atoms with Gasteiger partial charge in [-0.2, -0.15) is 0 Å². The Morgan fingerprint density at radius 1 is 1.50 bits per heavy atom. The van der Waals surface area contributed by atoms with Crippen molar-refractivity contribution in [3.05, 3.63) is 5.89 Å². The van der Waals surface area contributed by atoms with Gasteiger partial charge >= 0.3 is 6.01 Å². The standard InChI is InChI=1S/C11H20N4O/c1-3-9(6-8-4-5-8)13-11-15-14-10(16-11)7(2)12/h7-9H,3-6,12H2,1-2H3,(H,13,15). The van der Waals surface area contributed by atoms with E-state index >= 15 is 0 Å². The molecule has 2 atom stereocenters. The van der Waals surface area contributed by atoms with Crippen LogP contribution >= 0.6 is 0 Å². The minimum absolute atomic E-state index is 0.202. The first-order chi connectivity index (χ1) is 7.69. The molecule has 1 fully saturated rings. The number of rotatable bonds is 6. The van der Waals surface area contributed by atoms with Gasteiger partial charge in [-0.1, -0.05) is 24.9 Å². The fourth-order valence-corrected chi connectivity index (χ4v) is 1.74. The second-order valence-electron chi connectivity index (χ2n) is 4.66. The Morgan fingerprint density at radius 2 is 2.25 bits per heavy atom. The Kier molecular flexibility index (Phi) is 3.43. The molecular formula is C11H20N4O. The summed E-state index contributed by atoms with van der Waals surface area (Å²) in [4.78, 5) is 0. The number of anilines is 1. The van der Waals surface area contributed by atoms with Crippen LogP contribution in [0.4, 0.5) is 6.01 Å². The van der Waals surface area contributed by atoms with E-state index in [1.54, 1.807) is 0 Å². The van der Waals surface area contributed by atoms with E-state index in [4.69, 9.17) is 10.2 Å². The molecule has 0 saturated heterocycles. The topological polar surface area (TPSA) is 77.0 Å². The second kappa shape index (κ2) is 4.82. The molecule has 0 bridgehead atoms. The number of nitrogens with two attached hydrogens (primary N) is 1. The van der Waals surface area contributed by atoms with E-state index in [1.807, 2.05) is 6.92 Å². The maximum absolute atomic E-state index is 5.66. The van der Waals surface area contributed by atoms with E-state index in [0.29, 0.717) is 17.9 Å². The van der Waals surface area contributed by atoms with Gasteiger partial charge in [-0.05, 0) is 25.7 Å². The van der Waals surface area contributed by atoms with Gasteiger partial charge in [0, 0.05) is 6.04 Å². The monoisotopic (exact) mass is 224 g/mol. The number of nitrogens with zero attached hydrogens (tertiary/aromatic N) is 2. The quantitative estimate of drug-likeness (QED) is 0.773. The van der Waals surface area contributed by atoms with Crippen LogP contribution in [0.1, 0.15) is 51.5 Å². The van der Waals surface area contributed by atoms with Crippen molar-refractivity contribution in [1.29, 1.82) is 0 Å². The molecule has 1 aliphatic rings. The van der Waals surface area contributed by atoms with Crippen molar-refractivity contribution in [3.8, 4) is 0 Å². The van der Waals surface area contributed by atoms with Crippen molar-refractivity contribution in [2.45, 2.75) is 51.6 Å². The fourth-order valence-electron chi connectivity index (χ4n) is 1.74. The Hall–Kier alpha value is -1.10. The van der Waals surface area contributed by atoms with Crippen LogP contribution in [0.2, 0.25) is 0 Å². The van der Waals surface area contributed by atoms with Gasteiger partial charge in [0.05, 0.1) is 6.04 Å². The predicted octanol–water partition coefficient (Wildman–Crippen LogP) is 2.08. The van der Waals surface area contributed by atoms with E-state index < -0.39 is 0 Å². The van der Waals surface area contributed by atoms with Gasteiger partial charge in [-0.25, -0.2) is 0 Å². The molecular weight excluding hydrogens is 204 g/mol. The first-order valence-corrected chi connectivity index (χ1v) is 6.04. The van der Waals surface area contributed by atoms with Crippen LogP contribution in [-0.4, -0.2) is 16.2 Å². The summed E-state index contributed by atoms with van der Waals surface area (Å²) in [5.74, 6) is 1.39. The number of aromatic nitrogens is 2. The molecule has 2 rings (SSSR count). The summed E-state index contributed by atoms with van der Waals surface area (Å²) in [5.41, 5.74) is 5.66. The van der Waals surface area contributed by atoms with Gasteiger partial charge in [-0.15, -0.1) is 5.10 Å². The van der Waals surface area contributed by atoms with Crippen molar-refractivity contribution in [2.24, 2.45) is 11.7 Å². The zero-order chi connectivity index (χ0) is 11.5. The summed E-state index contributed by atoms with van der Waals surface area (Å²) in [5, 5.41) is 11.1. The largest absolute Gasteiger partial charge is 0.406 e. The minimum atomic E-state index is -0.202. The van der Waals surface area contributed by atoms with Crippen LogP contribution in [0.5, 0.6) is 0 Å². The van der Waals surface area contributed by atoms with Gasteiger partial charge in [-0.3, -0.25) is 0 Å². The normalized spacial score (nSPS) is 19.4. The molecule has 5 heteroatoms. The average Bonchev–Trinajstić information content (AvgIpc) is 2.93. The van der Waals surface area contributed by atoms with Crippen molar-refractivity contribution in [2.75, 3.05) is 5.32 Å². The van der Waals surface area contributed by atoms with Crippen molar-refractivity contribution >= 4 is 6.01 Å². The van der Waals surface area contributed by atoms with Crippen LogP contribution in [0.25, 0.3) is 0 Å². The van der Waals surface area contributed by atoms with Gasteiger partial charge in [0.1, 0.15) is 0 Å². The molecule has 0 amide bonds. The summed E-state index contributed by atoms with van der Waals surface area (Å²) >= 11 is 0. The third kappa shape index (κ3) is 2.95. The van der Waals surface area contributed by atoms with E-state index in [-0.39, 0.29) is 6.04 Å². The van der Waals surface area contributed by atoms with Crippen molar-refractivity contribution in [3.63, 3.8) is 0 Å². The molecule has 1 saturated carbocycles. The first-order valence-electron chi connectivity index (χ1n) is 6.04. The molecule has 5 nitrogen and oxygen atoms in total. The molecule has 0 aliphatic heterocycles. The van der Waals surface area contributed by atoms with Crippen LogP contribution < -0.4 is 11.1 Å². The summed E-state index contributed by atoms with van der Waals surface area (Å²) in [6.45, 7) is 4.00. The van der Waals surface area contributed by atoms with Crippen LogP contribution in [0, 0.1) is 5.92 Å². The molecule has 0 radical (unpaired) electrons. The summed E-state index contributed by atoms with van der Waals surface area (Å²) in [6, 6.07) is 0.736. The van der Waals surface area contributed by atoms with Crippen LogP contribution in [0.15, 0.2) is 4.42 Å². The summed E-state index contributed by atoms with van der Waals surface area (Å²) in [6.07, 6.45) is 5.01. The van der Waals surface area contributed by atoms with Crippen molar-refractivity contribution < 1.29 is 4.42 Å². The zero-order valence-corrected chi connectivity index (χ0v) is 9.94. The Labute approximate surface area is 95.8 Å². The fraction of sp³-hybridized carbons (Fsp3) is 0.818. The highest BCUT2D eigenvalue weighted by atomic mass is 16.4. The molecule has 1 aromatic heterocycles. The molecule has 0 aromatic carbocycles. The third-order valence-electron chi connectivity index (χ3n) is 2.97. The van der Waals surface area contributed by atoms with E-state index in [9.17, 15) is 0 Å². The lowest BCUT2D eigenvalue weighted by Gasteiger charge is -2.14. The maximum atomic E-state index is 5.66. The van der Waals surface area contributed by atoms with Gasteiger partial charge in [0.15, 0.2) is 0 Å². The Bertz CT molecular complexity index is 332. The number of hydrogen-bond acceptors (Lipinski definition) is 5. The molecule has 0 spiro atoms. The van der Waals surface area contributed by atoms with Crippen LogP contribution in [-0.2, 0) is 0 Å². The zero-order valence-electron chi connectivity index (χ0n) is 9.94. The molecule has 3 N–H and O–H groups in total. The first kappa shape index (κ1) is 11.4. The molecule has 2 unspecified atom stereocenters. The lowest BCUT2D eigenvalue weighted by atomic mass is 10.1. The molecule has 90 valence electrons. The number of nitrogens with one attached hydrogen (secondary N) is 1. The van der Waals surface area contributed by atoms with E-state index in [0.717, 1.165) is 12.3 Å². The minimum Gasteiger partial charge on any atom is -0.406 e. The third-order valence-corrected chi connectivity index (χ3v) is 2.97. The smallest absolute Gasteiger partial charge is 0.315 e. The predicted molar refractivity (Wildman–Crippen MR) is 61.9 cm³/mol. The average molecular weight is 224 g/mol. The van der Waals surface area contributed by atoms with Crippen LogP contribution in [0.3, 0.4) is 0 Å². The summed E-state index contributed by atoms with van der Waals surface area (Å²) < 4.78 is 5.42. The van der Waals surface area contributed by atoms with Gasteiger partial charge in [0.2, 0.25) is 5.89 Å². The number of hydrogen-bond donors (Lipinski definition) is 2. The molecule has 1 aromatic rings. The Morgan fingerprint density at radius 3 is 2.75 bits per heavy atom. The highest BCUT2D eigenvalue weighted by molar-refractivity contribution is 5.20. The lowest BCUT2D eigenvalue weighted by molar-refractivity contribution is 0.462. The van der Waals surface area contributed by atoms with Gasteiger partial charge < -0.3 is 15.5 Å². The van der Waals surface area contributed by atoms with E-state index in [2.05, 4.69) is 22.4 Å². The molecule has 1 heterocycles. The summed E-state index contributed by atoms with van der Waals surface area (Å²) in [7, 11) is 0. The second-order valence-corrected chi connectivity index (χ2v) is 4.66. The van der Waals surface area contributed by atoms with Crippen molar-refractivity contribution in [1.82, 2.24) is 10.2 Å². The molecule has 16 heavy (non-hydrogen) atoms. The maximum Gasteiger partial charge on any atom is 0.315 e. The van der Waals surface area contributed by atoms with Gasteiger partial charge in [0.25, 0.3) is 0 Å². The van der Waals surface area contributed by atoms with E-state index in [1.165, 1.54) is 19.3 Å². The molecule has 1 aliphatic carbocycles. The highest BCUT2D eigenvalue weighted by Crippen LogP contribution is 2.34. The Balaban J connectivity index is 1.89. The SMILES string of the molecule is CCC(CC1CC1)Nc1nnc(C(C)N)o1. The lowest BCUT2D eigenvalue weighted by Crippen LogP contribution is -2.19.